The average Bonchev–Trinajstić information content (AvgIpc) is 2.87. The van der Waals surface area contributed by atoms with Gasteiger partial charge in [0.05, 0.1) is 30.7 Å². The molecular weight excluding hydrogens is 520 g/mol. The molecule has 1 amide bonds. The molecule has 12 nitrogen and oxygen atoms in total. The molecule has 216 valence electrons. The molecule has 40 heavy (non-hydrogen) atoms. The Balaban J connectivity index is 1.61. The topological polar surface area (TPSA) is 171 Å². The van der Waals surface area contributed by atoms with Crippen LogP contribution >= 0.6 is 0 Å². The number of nitrogens with zero attached hydrogens (tertiary/aromatic N) is 3. The van der Waals surface area contributed by atoms with Crippen LogP contribution in [0, 0.1) is 23.7 Å². The maximum absolute atomic E-state index is 14.1. The van der Waals surface area contributed by atoms with Gasteiger partial charge in [-0.2, -0.15) is 0 Å². The fraction of sp³-hybridized carbons (Fsp3) is 0.607. The van der Waals surface area contributed by atoms with Gasteiger partial charge < -0.3 is 25.6 Å². The number of ether oxygens (including phenoxy) is 1. The number of phenolic OH excluding ortho intramolecular Hbond substituents is 1. The molecule has 12 heteroatoms. The van der Waals surface area contributed by atoms with E-state index in [4.69, 9.17) is 10.5 Å². The third-order valence-corrected chi connectivity index (χ3v) is 9.10. The molecule has 0 aromatic heterocycles. The number of morpholine rings is 1. The lowest BCUT2D eigenvalue weighted by Crippen LogP contribution is -2.74. The number of aromatic hydroxyl groups is 1. The lowest BCUT2D eigenvalue weighted by molar-refractivity contribution is -0.181. The molecule has 2 saturated carbocycles. The number of anilines is 1. The lowest BCUT2D eigenvalue weighted by atomic mass is 9.52. The summed E-state index contributed by atoms with van der Waals surface area (Å²) in [5.74, 6) is -10.4. The van der Waals surface area contributed by atoms with E-state index in [2.05, 4.69) is 4.90 Å². The van der Waals surface area contributed by atoms with Crippen molar-refractivity contribution in [2.75, 3.05) is 59.4 Å². The number of aliphatic hydroxyl groups is 1. The molecule has 1 aliphatic heterocycles. The molecular formula is C28H36N4O8. The number of phenols is 1. The second-order valence-corrected chi connectivity index (χ2v) is 11.8. The van der Waals surface area contributed by atoms with Crippen molar-refractivity contribution in [3.05, 3.63) is 22.8 Å². The van der Waals surface area contributed by atoms with Crippen molar-refractivity contribution >= 4 is 34.7 Å². The normalized spacial score (nSPS) is 32.5. The fourth-order valence-corrected chi connectivity index (χ4v) is 7.23. The van der Waals surface area contributed by atoms with E-state index in [1.165, 1.54) is 4.90 Å². The average molecular weight is 557 g/mol. The Labute approximate surface area is 232 Å². The monoisotopic (exact) mass is 556 g/mol. The lowest BCUT2D eigenvalue weighted by Gasteiger charge is -2.52. The summed E-state index contributed by atoms with van der Waals surface area (Å²) < 4.78 is 5.41. The first-order valence-corrected chi connectivity index (χ1v) is 13.5. The number of nitrogens with two attached hydrogens (primary N) is 1. The zero-order chi connectivity index (χ0) is 29.3. The van der Waals surface area contributed by atoms with Crippen LogP contribution in [0.25, 0.3) is 0 Å². The number of hydrogen-bond donors (Lipinski definition) is 3. The molecule has 6 atom stereocenters. The Morgan fingerprint density at radius 2 is 1.77 bits per heavy atom. The molecule has 1 heterocycles. The van der Waals surface area contributed by atoms with Gasteiger partial charge in [0, 0.05) is 50.9 Å². The minimum atomic E-state index is -2.73. The largest absolute Gasteiger partial charge is 0.507 e. The summed E-state index contributed by atoms with van der Waals surface area (Å²) in [5, 5.41) is 23.1. The molecule has 6 unspecified atom stereocenters. The molecule has 4 aliphatic rings. The predicted octanol–water partition coefficient (Wildman–Crippen LogP) is -1.23. The van der Waals surface area contributed by atoms with Gasteiger partial charge in [0.15, 0.2) is 34.7 Å². The van der Waals surface area contributed by atoms with Gasteiger partial charge in [0.1, 0.15) is 5.75 Å². The van der Waals surface area contributed by atoms with Crippen molar-refractivity contribution in [3.8, 4) is 5.75 Å². The summed E-state index contributed by atoms with van der Waals surface area (Å²) >= 11 is 0. The van der Waals surface area contributed by atoms with Crippen LogP contribution < -0.4 is 10.6 Å². The van der Waals surface area contributed by atoms with Gasteiger partial charge in [0.25, 0.3) is 0 Å². The van der Waals surface area contributed by atoms with E-state index in [-0.39, 0.29) is 24.2 Å². The molecule has 4 N–H and O–H groups in total. The smallest absolute Gasteiger partial charge is 0.235 e. The van der Waals surface area contributed by atoms with E-state index >= 15 is 0 Å². The molecule has 0 radical (unpaired) electrons. The summed E-state index contributed by atoms with van der Waals surface area (Å²) in [5.41, 5.74) is 4.50. The number of primary amides is 1. The standard InChI is InChI=1S/C28H36N4O8/c1-30(2)17-11-14(12-32-5-7-40-8-6-32)22(33)19-15(17)9-13-10-16-21(31(3)4)24(35)20(27(29)38)26(37)28(16,39)25(36)18(13)23(19)34/h11,13,16,18,20-21,33,39H,5-10,12H2,1-4H3,(H2,29,38). The van der Waals surface area contributed by atoms with Gasteiger partial charge in [-0.15, -0.1) is 0 Å². The Kier molecular flexibility index (Phi) is 7.10. The summed E-state index contributed by atoms with van der Waals surface area (Å²) in [4.78, 5) is 72.4. The van der Waals surface area contributed by atoms with Crippen LogP contribution in [0.15, 0.2) is 6.07 Å². The second kappa shape index (κ2) is 10.0. The summed E-state index contributed by atoms with van der Waals surface area (Å²) in [7, 11) is 6.79. The van der Waals surface area contributed by atoms with Crippen LogP contribution in [0.3, 0.4) is 0 Å². The summed E-state index contributed by atoms with van der Waals surface area (Å²) in [6.07, 6.45) is 0.248. The van der Waals surface area contributed by atoms with Crippen LogP contribution in [-0.2, 0) is 36.9 Å². The molecule has 3 aliphatic carbocycles. The van der Waals surface area contributed by atoms with Crippen molar-refractivity contribution in [2.45, 2.75) is 31.0 Å². The number of rotatable bonds is 5. The number of hydrogen-bond acceptors (Lipinski definition) is 11. The van der Waals surface area contributed by atoms with Crippen LogP contribution in [0.1, 0.15) is 27.9 Å². The van der Waals surface area contributed by atoms with Crippen molar-refractivity contribution in [1.82, 2.24) is 9.80 Å². The van der Waals surface area contributed by atoms with E-state index in [1.807, 2.05) is 25.1 Å². The van der Waals surface area contributed by atoms with Gasteiger partial charge in [-0.3, -0.25) is 33.8 Å². The highest BCUT2D eigenvalue weighted by atomic mass is 16.5. The number of likely N-dealkylation sites (N-methyl/N-ethyl adjacent to an activating group) is 1. The number of amides is 1. The highest BCUT2D eigenvalue weighted by Crippen LogP contribution is 2.52. The van der Waals surface area contributed by atoms with Crippen LogP contribution in [0.4, 0.5) is 5.69 Å². The van der Waals surface area contributed by atoms with Gasteiger partial charge >= 0.3 is 0 Å². The number of ketones is 4. The first-order valence-electron chi connectivity index (χ1n) is 13.5. The zero-order valence-electron chi connectivity index (χ0n) is 23.2. The Bertz CT molecular complexity index is 1300. The van der Waals surface area contributed by atoms with Crippen molar-refractivity contribution < 1.29 is 38.9 Å². The van der Waals surface area contributed by atoms with E-state index < -0.39 is 64.4 Å². The van der Waals surface area contributed by atoms with E-state index in [9.17, 15) is 34.2 Å². The first kappa shape index (κ1) is 28.3. The molecule has 1 saturated heterocycles. The Morgan fingerprint density at radius 3 is 2.35 bits per heavy atom. The van der Waals surface area contributed by atoms with Crippen molar-refractivity contribution in [2.24, 2.45) is 29.4 Å². The molecule has 5 rings (SSSR count). The second-order valence-electron chi connectivity index (χ2n) is 11.8. The minimum Gasteiger partial charge on any atom is -0.507 e. The highest BCUT2D eigenvalue weighted by molar-refractivity contribution is 6.32. The number of fused-ring (bicyclic) bond motifs is 3. The number of benzene rings is 1. The molecule has 3 fully saturated rings. The number of Topliss-reactive ketones (excluding diaryl/α,β-unsaturated/α-hetero) is 4. The third-order valence-electron chi connectivity index (χ3n) is 9.10. The quantitative estimate of drug-likeness (QED) is 0.371. The van der Waals surface area contributed by atoms with Crippen LogP contribution in [0.2, 0.25) is 0 Å². The Hall–Kier alpha value is -3.19. The molecule has 0 spiro atoms. The maximum atomic E-state index is 14.1. The van der Waals surface area contributed by atoms with E-state index in [0.717, 1.165) is 5.69 Å². The van der Waals surface area contributed by atoms with Crippen LogP contribution in [0.5, 0.6) is 5.75 Å². The zero-order valence-corrected chi connectivity index (χ0v) is 23.2. The molecule has 1 aromatic rings. The van der Waals surface area contributed by atoms with E-state index in [0.29, 0.717) is 44.0 Å². The third kappa shape index (κ3) is 4.08. The van der Waals surface area contributed by atoms with Gasteiger partial charge in [-0.05, 0) is 44.5 Å². The predicted molar refractivity (Wildman–Crippen MR) is 142 cm³/mol. The molecule has 0 bridgehead atoms. The maximum Gasteiger partial charge on any atom is 0.235 e. The summed E-state index contributed by atoms with van der Waals surface area (Å²) in [6, 6.07) is 0.727. The van der Waals surface area contributed by atoms with Gasteiger partial charge in [0.2, 0.25) is 5.91 Å². The van der Waals surface area contributed by atoms with E-state index in [1.54, 1.807) is 14.1 Å². The number of carbonyl (C=O) groups is 5. The molecule has 1 aromatic carbocycles. The van der Waals surface area contributed by atoms with Crippen molar-refractivity contribution in [3.63, 3.8) is 0 Å². The Morgan fingerprint density at radius 1 is 1.12 bits per heavy atom. The van der Waals surface area contributed by atoms with Gasteiger partial charge in [-0.25, -0.2) is 0 Å². The number of carbonyl (C=O) groups excluding carboxylic acids is 5. The minimum absolute atomic E-state index is 0.0149. The first-order chi connectivity index (χ1) is 18.8. The highest BCUT2D eigenvalue weighted by Gasteiger charge is 2.69. The fourth-order valence-electron chi connectivity index (χ4n) is 7.23. The van der Waals surface area contributed by atoms with Crippen LogP contribution in [-0.4, -0.2) is 115 Å². The van der Waals surface area contributed by atoms with Gasteiger partial charge in [-0.1, -0.05) is 0 Å². The summed E-state index contributed by atoms with van der Waals surface area (Å²) in [6.45, 7) is 2.80. The SMILES string of the molecule is CN(C)c1cc(CN2CCOCC2)c(O)c2c1CC1CC3C(N(C)C)C(=O)C(C(N)=O)C(=O)C3(O)C(=O)C1C2=O. The van der Waals surface area contributed by atoms with Crippen molar-refractivity contribution in [1.29, 1.82) is 0 Å².